The van der Waals surface area contributed by atoms with Crippen LogP contribution in [0.1, 0.15) is 52.8 Å². The summed E-state index contributed by atoms with van der Waals surface area (Å²) in [5.74, 6) is -1.45. The minimum absolute atomic E-state index is 0.183. The van der Waals surface area contributed by atoms with Crippen molar-refractivity contribution in [3.8, 4) is 0 Å². The summed E-state index contributed by atoms with van der Waals surface area (Å²) in [5, 5.41) is 2.59. The first kappa shape index (κ1) is 32.6. The fraction of sp³-hybridized carbons (Fsp3) is 0.633. The largest absolute Gasteiger partial charge is 0.382 e. The highest BCUT2D eigenvalue weighted by Crippen LogP contribution is 2.45. The van der Waals surface area contributed by atoms with Crippen LogP contribution in [-0.2, 0) is 38.0 Å². The van der Waals surface area contributed by atoms with E-state index < -0.39 is 36.1 Å². The van der Waals surface area contributed by atoms with E-state index in [9.17, 15) is 4.79 Å². The number of amides is 1. The standard InChI is InChI=1S/C16H22N4O4.C14H18N6O4/c1-5-21-6-10-12-13(24-16(3,4)23-12)15(22-10)20-8-19-11-9(2)17-7-18-14(11)20;1-14(2)23-7-8(12(21)16-3)22-13(9(7)24-14)20-5-19-6-10(15)17-4-18-11(6)20/h7-8,10,12-13,15H,5-6H2,1-4H3;4-5,7-9,13H,1-3H3,(H,16,21)(H2,15,17,18)/t10-,12-,13-,15-;7-,8+,9-,13-/m11/s1. The SMILES string of the molecule is CCOC[C@H]1O[C@@H](n2cnc3c(C)ncnc32)[C@@H]2OC(C)(C)O[C@@H]21.CNC(=O)[C@H]1O[C@@H](n2cnc3c(N)ncnc32)[C@@H]2OC(C)(C)O[C@@H]21. The van der Waals surface area contributed by atoms with E-state index in [1.807, 2.05) is 32.3 Å². The zero-order valence-corrected chi connectivity index (χ0v) is 27.8. The zero-order valence-electron chi connectivity index (χ0n) is 27.8. The minimum atomic E-state index is -0.811. The smallest absolute Gasteiger partial charge is 0.251 e. The van der Waals surface area contributed by atoms with Crippen molar-refractivity contribution in [2.45, 2.75) is 102 Å². The van der Waals surface area contributed by atoms with E-state index in [1.54, 1.807) is 38.1 Å². The fourth-order valence-electron chi connectivity index (χ4n) is 6.62. The second kappa shape index (κ2) is 12.2. The molecule has 8 atom stereocenters. The van der Waals surface area contributed by atoms with Gasteiger partial charge in [-0.3, -0.25) is 13.9 Å². The number of imidazole rings is 2. The normalized spacial score (nSPS) is 31.5. The molecule has 18 heteroatoms. The van der Waals surface area contributed by atoms with Gasteiger partial charge in [0.25, 0.3) is 5.91 Å². The van der Waals surface area contributed by atoms with E-state index in [4.69, 9.17) is 38.9 Å². The number of nitrogens with zero attached hydrogens (tertiary/aromatic N) is 8. The Balaban J connectivity index is 0.000000152. The first-order valence-electron chi connectivity index (χ1n) is 15.8. The summed E-state index contributed by atoms with van der Waals surface area (Å²) >= 11 is 0. The van der Waals surface area contributed by atoms with Gasteiger partial charge in [-0.1, -0.05) is 0 Å². The van der Waals surface area contributed by atoms with E-state index in [1.165, 1.54) is 12.7 Å². The van der Waals surface area contributed by atoms with Crippen LogP contribution in [-0.4, -0.2) is 113 Å². The number of likely N-dealkylation sites (N-methyl/N-ethyl adjacent to an activating group) is 1. The molecular formula is C30H40N10O8. The molecule has 0 unspecified atom stereocenters. The number of aryl methyl sites for hydroxylation is 1. The zero-order chi connectivity index (χ0) is 34.0. The molecule has 18 nitrogen and oxygen atoms in total. The van der Waals surface area contributed by atoms with Crippen LogP contribution in [0.4, 0.5) is 5.82 Å². The molecule has 4 aromatic heterocycles. The lowest BCUT2D eigenvalue weighted by atomic mass is 10.1. The Morgan fingerprint density at radius 3 is 2.06 bits per heavy atom. The number of nitrogens with one attached hydrogen (secondary N) is 1. The van der Waals surface area contributed by atoms with Gasteiger partial charge in [0.2, 0.25) is 0 Å². The van der Waals surface area contributed by atoms with Crippen LogP contribution >= 0.6 is 0 Å². The number of hydrogen-bond acceptors (Lipinski definition) is 15. The van der Waals surface area contributed by atoms with E-state index in [0.717, 1.165) is 16.9 Å². The lowest BCUT2D eigenvalue weighted by Crippen LogP contribution is -2.41. The number of hydrogen-bond donors (Lipinski definition) is 2. The Kier molecular flexibility index (Phi) is 8.30. The first-order chi connectivity index (χ1) is 22.9. The van der Waals surface area contributed by atoms with Crippen molar-refractivity contribution in [3.63, 3.8) is 0 Å². The number of fused-ring (bicyclic) bond motifs is 4. The van der Waals surface area contributed by atoms with Crippen LogP contribution in [0.25, 0.3) is 22.3 Å². The van der Waals surface area contributed by atoms with Crippen LogP contribution in [0.15, 0.2) is 25.3 Å². The lowest BCUT2D eigenvalue weighted by Gasteiger charge is -2.24. The van der Waals surface area contributed by atoms with Crippen molar-refractivity contribution in [2.75, 3.05) is 26.0 Å². The van der Waals surface area contributed by atoms with Gasteiger partial charge in [0.05, 0.1) is 25.0 Å². The molecule has 0 bridgehead atoms. The number of anilines is 1. The summed E-state index contributed by atoms with van der Waals surface area (Å²) in [6.45, 7) is 12.4. The Morgan fingerprint density at radius 2 is 1.40 bits per heavy atom. The molecule has 0 aliphatic carbocycles. The number of nitrogen functional groups attached to an aromatic ring is 1. The second-order valence-electron chi connectivity index (χ2n) is 12.8. The van der Waals surface area contributed by atoms with Crippen LogP contribution in [0.2, 0.25) is 0 Å². The van der Waals surface area contributed by atoms with Gasteiger partial charge >= 0.3 is 0 Å². The summed E-state index contributed by atoms with van der Waals surface area (Å²) < 4.78 is 45.3. The van der Waals surface area contributed by atoms with Gasteiger partial charge in [-0.05, 0) is 41.5 Å². The van der Waals surface area contributed by atoms with Crippen molar-refractivity contribution in [2.24, 2.45) is 0 Å². The van der Waals surface area contributed by atoms with Gasteiger partial charge in [0, 0.05) is 13.7 Å². The highest BCUT2D eigenvalue weighted by atomic mass is 16.8. The Morgan fingerprint density at radius 1 is 0.833 bits per heavy atom. The molecule has 0 saturated carbocycles. The predicted molar refractivity (Wildman–Crippen MR) is 166 cm³/mol. The molecule has 4 fully saturated rings. The minimum Gasteiger partial charge on any atom is -0.382 e. The van der Waals surface area contributed by atoms with E-state index in [0.29, 0.717) is 24.4 Å². The molecule has 4 aliphatic rings. The maximum Gasteiger partial charge on any atom is 0.251 e. The molecule has 4 saturated heterocycles. The molecular weight excluding hydrogens is 628 g/mol. The van der Waals surface area contributed by atoms with Crippen LogP contribution in [0.3, 0.4) is 0 Å². The number of ether oxygens (including phenoxy) is 7. The summed E-state index contributed by atoms with van der Waals surface area (Å²) in [4.78, 5) is 37.5. The van der Waals surface area contributed by atoms with Gasteiger partial charge < -0.3 is 44.2 Å². The highest BCUT2D eigenvalue weighted by molar-refractivity contribution is 5.82. The van der Waals surface area contributed by atoms with Crippen molar-refractivity contribution in [1.82, 2.24) is 44.4 Å². The predicted octanol–water partition coefficient (Wildman–Crippen LogP) is 1.16. The van der Waals surface area contributed by atoms with Crippen molar-refractivity contribution < 1.29 is 38.0 Å². The van der Waals surface area contributed by atoms with E-state index >= 15 is 0 Å². The van der Waals surface area contributed by atoms with Gasteiger partial charge in [-0.15, -0.1) is 0 Å². The third-order valence-corrected chi connectivity index (χ3v) is 8.62. The molecule has 48 heavy (non-hydrogen) atoms. The van der Waals surface area contributed by atoms with Crippen LogP contribution in [0.5, 0.6) is 0 Å². The molecule has 8 heterocycles. The maximum atomic E-state index is 12.2. The summed E-state index contributed by atoms with van der Waals surface area (Å²) in [5.41, 5.74) is 9.15. The quantitative estimate of drug-likeness (QED) is 0.296. The molecule has 8 rings (SSSR count). The average molecular weight is 669 g/mol. The first-order valence-corrected chi connectivity index (χ1v) is 15.8. The van der Waals surface area contributed by atoms with Gasteiger partial charge in [-0.25, -0.2) is 29.9 Å². The molecule has 4 aliphatic heterocycles. The van der Waals surface area contributed by atoms with Crippen molar-refractivity contribution in [3.05, 3.63) is 31.0 Å². The monoisotopic (exact) mass is 668 g/mol. The summed E-state index contributed by atoms with van der Waals surface area (Å²) in [7, 11) is 1.55. The molecule has 0 radical (unpaired) electrons. The van der Waals surface area contributed by atoms with Gasteiger partial charge in [0.15, 0.2) is 47.2 Å². The summed E-state index contributed by atoms with van der Waals surface area (Å²) in [6, 6.07) is 0. The van der Waals surface area contributed by atoms with Gasteiger partial charge in [0.1, 0.15) is 54.2 Å². The number of rotatable bonds is 6. The maximum absolute atomic E-state index is 12.2. The van der Waals surface area contributed by atoms with Crippen LogP contribution < -0.4 is 11.1 Å². The molecule has 0 aromatic carbocycles. The van der Waals surface area contributed by atoms with Crippen LogP contribution in [0, 0.1) is 6.92 Å². The molecule has 1 amide bonds. The van der Waals surface area contributed by atoms with E-state index in [-0.39, 0.29) is 36.3 Å². The Bertz CT molecular complexity index is 1810. The Hall–Kier alpha value is -3.91. The molecule has 0 spiro atoms. The molecule has 4 aromatic rings. The highest BCUT2D eigenvalue weighted by Gasteiger charge is 2.58. The van der Waals surface area contributed by atoms with Crippen molar-refractivity contribution in [1.29, 1.82) is 0 Å². The summed E-state index contributed by atoms with van der Waals surface area (Å²) in [6.07, 6.45) is 2.80. The lowest BCUT2D eigenvalue weighted by molar-refractivity contribution is -0.201. The number of carbonyl (C=O) groups excluding carboxylic acids is 1. The number of nitrogens with two attached hydrogens (primary N) is 1. The molecule has 3 N–H and O–H groups in total. The number of aromatic nitrogens is 8. The Labute approximate surface area is 275 Å². The topological polar surface area (TPSA) is 207 Å². The third kappa shape index (κ3) is 5.66. The van der Waals surface area contributed by atoms with Gasteiger partial charge in [-0.2, -0.15) is 0 Å². The van der Waals surface area contributed by atoms with E-state index in [2.05, 4.69) is 35.2 Å². The number of carbonyl (C=O) groups is 1. The molecule has 258 valence electrons. The average Bonchev–Trinajstić information content (AvgIpc) is 3.87. The second-order valence-corrected chi connectivity index (χ2v) is 12.8. The third-order valence-electron chi connectivity index (χ3n) is 8.62. The fourth-order valence-corrected chi connectivity index (χ4v) is 6.62. The van der Waals surface area contributed by atoms with Crippen molar-refractivity contribution >= 4 is 34.1 Å².